The third-order valence-electron chi connectivity index (χ3n) is 4.88. The Morgan fingerprint density at radius 3 is 2.39 bits per heavy atom. The van der Waals surface area contributed by atoms with Gasteiger partial charge in [0, 0.05) is 36.8 Å². The van der Waals surface area contributed by atoms with Crippen LogP contribution >= 0.6 is 11.6 Å². The van der Waals surface area contributed by atoms with Crippen LogP contribution in [0.5, 0.6) is 11.5 Å². The Balaban J connectivity index is 2.07. The number of phenols is 2. The number of anilines is 2. The number of nitrogens with zero attached hydrogens (tertiary/aromatic N) is 4. The summed E-state index contributed by atoms with van der Waals surface area (Å²) in [5.41, 5.74) is 8.85. The van der Waals surface area contributed by atoms with Gasteiger partial charge in [-0.1, -0.05) is 25.4 Å². The summed E-state index contributed by atoms with van der Waals surface area (Å²) in [6.07, 6.45) is 0. The van der Waals surface area contributed by atoms with Crippen molar-refractivity contribution in [3.05, 3.63) is 28.4 Å². The van der Waals surface area contributed by atoms with Gasteiger partial charge in [0.15, 0.2) is 11.5 Å². The number of hydrogen-bond acceptors (Lipinski definition) is 8. The molecule has 0 radical (unpaired) electrons. The summed E-state index contributed by atoms with van der Waals surface area (Å²) in [6.45, 7) is 11.0. The SMILES string of the molecule is CC(N)CNc1nc(NCc2cc(O)c(Cl)cc2O)c2nnc(C(C)C)c-2n1C(C)C. The van der Waals surface area contributed by atoms with E-state index in [4.69, 9.17) is 22.3 Å². The second kappa shape index (κ2) is 9.15. The highest BCUT2D eigenvalue weighted by molar-refractivity contribution is 6.32. The Hall–Kier alpha value is -2.78. The average Bonchev–Trinajstić information content (AvgIpc) is 3.12. The van der Waals surface area contributed by atoms with Crippen LogP contribution in [0.4, 0.5) is 11.8 Å². The summed E-state index contributed by atoms with van der Waals surface area (Å²) < 4.78 is 2.09. The highest BCUT2D eigenvalue weighted by Crippen LogP contribution is 2.38. The van der Waals surface area contributed by atoms with E-state index in [9.17, 15) is 10.2 Å². The van der Waals surface area contributed by atoms with Crippen LogP contribution in [0.25, 0.3) is 11.4 Å². The van der Waals surface area contributed by atoms with E-state index in [0.717, 1.165) is 11.4 Å². The fourth-order valence-electron chi connectivity index (χ4n) is 3.34. The quantitative estimate of drug-likeness (QED) is 0.328. The molecule has 0 aliphatic carbocycles. The van der Waals surface area contributed by atoms with Crippen LogP contribution in [-0.2, 0) is 6.54 Å². The predicted molar refractivity (Wildman–Crippen MR) is 123 cm³/mol. The molecule has 1 unspecified atom stereocenters. The Bertz CT molecular complexity index is 1030. The second-order valence-corrected chi connectivity index (χ2v) is 8.74. The molecule has 0 amide bonds. The molecule has 168 valence electrons. The minimum atomic E-state index is -0.102. The van der Waals surface area contributed by atoms with Crippen LogP contribution in [0.2, 0.25) is 5.02 Å². The number of hydrogen-bond donors (Lipinski definition) is 5. The zero-order valence-corrected chi connectivity index (χ0v) is 19.2. The molecule has 0 bridgehead atoms. The Morgan fingerprint density at radius 1 is 1.06 bits per heavy atom. The van der Waals surface area contributed by atoms with Crippen LogP contribution in [0.15, 0.2) is 12.1 Å². The number of fused-ring (bicyclic) bond motifs is 1. The zero-order valence-electron chi connectivity index (χ0n) is 18.4. The van der Waals surface area contributed by atoms with E-state index in [1.165, 1.54) is 12.1 Å². The fourth-order valence-corrected chi connectivity index (χ4v) is 3.50. The van der Waals surface area contributed by atoms with Crippen molar-refractivity contribution in [1.82, 2.24) is 19.7 Å². The lowest BCUT2D eigenvalue weighted by atomic mass is 10.1. The standard InChI is InChI=1S/C21H30ClN7O2/c1-10(2)17-19-18(28-27-17)20(24-9-13-6-16(31)14(22)7-15(13)30)26-21(25-8-12(5)23)29(19)11(3)4/h6-7,10-12,24,30-31H,8-9,23H2,1-5H3,(H,25,26). The van der Waals surface area contributed by atoms with Gasteiger partial charge in [-0.05, 0) is 32.8 Å². The largest absolute Gasteiger partial charge is 0.508 e. The van der Waals surface area contributed by atoms with Crippen LogP contribution < -0.4 is 16.4 Å². The van der Waals surface area contributed by atoms with Crippen LogP contribution in [0.1, 0.15) is 57.8 Å². The lowest BCUT2D eigenvalue weighted by Gasteiger charge is -2.25. The molecular formula is C21H30ClN7O2. The molecule has 2 aliphatic rings. The molecule has 10 heteroatoms. The van der Waals surface area contributed by atoms with Crippen molar-refractivity contribution in [3.8, 4) is 22.9 Å². The average molecular weight is 448 g/mol. The molecule has 0 saturated carbocycles. The third-order valence-corrected chi connectivity index (χ3v) is 5.18. The van der Waals surface area contributed by atoms with Gasteiger partial charge in [-0.25, -0.2) is 0 Å². The topological polar surface area (TPSA) is 134 Å². The van der Waals surface area contributed by atoms with Crippen molar-refractivity contribution < 1.29 is 10.2 Å². The maximum Gasteiger partial charge on any atom is 0.205 e. The number of nitrogens with one attached hydrogen (secondary N) is 2. The van der Waals surface area contributed by atoms with Gasteiger partial charge < -0.3 is 31.1 Å². The molecule has 31 heavy (non-hydrogen) atoms. The van der Waals surface area contributed by atoms with Crippen molar-refractivity contribution in [2.45, 2.75) is 59.2 Å². The normalized spacial score (nSPS) is 12.7. The predicted octanol–water partition coefficient (Wildman–Crippen LogP) is 3.92. The summed E-state index contributed by atoms with van der Waals surface area (Å²) in [7, 11) is 0. The Labute approximate surface area is 187 Å². The van der Waals surface area contributed by atoms with Crippen LogP contribution in [0.3, 0.4) is 0 Å². The van der Waals surface area contributed by atoms with Gasteiger partial charge in [0.1, 0.15) is 11.5 Å². The first-order chi connectivity index (χ1) is 14.6. The van der Waals surface area contributed by atoms with Crippen molar-refractivity contribution in [2.75, 3.05) is 17.2 Å². The lowest BCUT2D eigenvalue weighted by molar-refractivity contribution is 0.455. The van der Waals surface area contributed by atoms with Gasteiger partial charge in [0.2, 0.25) is 5.95 Å². The van der Waals surface area contributed by atoms with Gasteiger partial charge in [-0.15, -0.1) is 5.10 Å². The lowest BCUT2D eigenvalue weighted by Crippen LogP contribution is -2.28. The minimum Gasteiger partial charge on any atom is -0.508 e. The summed E-state index contributed by atoms with van der Waals surface area (Å²) in [5.74, 6) is 1.22. The smallest absolute Gasteiger partial charge is 0.205 e. The molecule has 1 aromatic rings. The molecule has 2 heterocycles. The van der Waals surface area contributed by atoms with Crippen LogP contribution in [-0.4, -0.2) is 42.5 Å². The highest BCUT2D eigenvalue weighted by atomic mass is 35.5. The minimum absolute atomic E-state index is 0.0218. The van der Waals surface area contributed by atoms with E-state index in [1.54, 1.807) is 0 Å². The van der Waals surface area contributed by atoms with Crippen molar-refractivity contribution >= 4 is 23.4 Å². The van der Waals surface area contributed by atoms with E-state index in [-0.39, 0.29) is 41.1 Å². The first kappa shape index (κ1) is 22.9. The van der Waals surface area contributed by atoms with E-state index in [2.05, 4.69) is 53.1 Å². The molecule has 2 aliphatic heterocycles. The molecule has 6 N–H and O–H groups in total. The first-order valence-corrected chi connectivity index (χ1v) is 10.7. The summed E-state index contributed by atoms with van der Waals surface area (Å²) in [5, 5.41) is 35.5. The maximum absolute atomic E-state index is 10.2. The van der Waals surface area contributed by atoms with Crippen molar-refractivity contribution in [3.63, 3.8) is 0 Å². The number of nitrogens with two attached hydrogens (primary N) is 1. The summed E-state index contributed by atoms with van der Waals surface area (Å²) in [4.78, 5) is 4.76. The van der Waals surface area contributed by atoms with Gasteiger partial charge in [-0.3, -0.25) is 0 Å². The summed E-state index contributed by atoms with van der Waals surface area (Å²) >= 11 is 5.86. The monoisotopic (exact) mass is 447 g/mol. The number of benzene rings is 1. The molecule has 0 saturated heterocycles. The first-order valence-electron chi connectivity index (χ1n) is 10.3. The van der Waals surface area contributed by atoms with E-state index >= 15 is 0 Å². The molecular weight excluding hydrogens is 418 g/mol. The van der Waals surface area contributed by atoms with Gasteiger partial charge in [-0.2, -0.15) is 10.1 Å². The number of phenolic OH excluding ortho intramolecular Hbond substituents is 2. The molecule has 0 aromatic heterocycles. The molecule has 9 nitrogen and oxygen atoms in total. The number of halogens is 1. The molecule has 0 spiro atoms. The van der Waals surface area contributed by atoms with Gasteiger partial charge in [0.05, 0.1) is 16.4 Å². The number of aromatic nitrogens is 4. The maximum atomic E-state index is 10.2. The van der Waals surface area contributed by atoms with E-state index in [0.29, 0.717) is 29.6 Å². The Kier molecular flexibility index (Phi) is 6.76. The van der Waals surface area contributed by atoms with Gasteiger partial charge in [0.25, 0.3) is 0 Å². The molecule has 1 atom stereocenters. The molecule has 0 fully saturated rings. The third kappa shape index (κ3) is 4.77. The number of rotatable bonds is 8. The second-order valence-electron chi connectivity index (χ2n) is 8.33. The summed E-state index contributed by atoms with van der Waals surface area (Å²) in [6, 6.07) is 2.79. The molecule has 1 aromatic carbocycles. The Morgan fingerprint density at radius 2 is 1.77 bits per heavy atom. The van der Waals surface area contributed by atoms with Crippen molar-refractivity contribution in [2.24, 2.45) is 5.73 Å². The van der Waals surface area contributed by atoms with Gasteiger partial charge >= 0.3 is 0 Å². The van der Waals surface area contributed by atoms with Crippen LogP contribution in [0, 0.1) is 0 Å². The van der Waals surface area contributed by atoms with E-state index < -0.39 is 0 Å². The number of aromatic hydroxyl groups is 2. The van der Waals surface area contributed by atoms with E-state index in [1.807, 2.05) is 6.92 Å². The van der Waals surface area contributed by atoms with Crippen molar-refractivity contribution in [1.29, 1.82) is 0 Å². The molecule has 3 rings (SSSR count). The zero-order chi connectivity index (χ0) is 22.9. The highest BCUT2D eigenvalue weighted by Gasteiger charge is 2.28. The fraction of sp³-hybridized carbons (Fsp3) is 0.476.